The summed E-state index contributed by atoms with van der Waals surface area (Å²) in [4.78, 5) is 43.4. The number of amides is 1. The van der Waals surface area contributed by atoms with Gasteiger partial charge in [-0.1, -0.05) is 31.2 Å². The van der Waals surface area contributed by atoms with Crippen LogP contribution in [0.5, 0.6) is 0 Å². The van der Waals surface area contributed by atoms with E-state index in [-0.39, 0.29) is 35.9 Å². The van der Waals surface area contributed by atoms with Crippen LogP contribution in [-0.4, -0.2) is 49.7 Å². The number of ether oxygens (including phenoxy) is 1. The van der Waals surface area contributed by atoms with Gasteiger partial charge in [-0.25, -0.2) is 4.79 Å². The van der Waals surface area contributed by atoms with Crippen LogP contribution in [0.1, 0.15) is 25.1 Å². The third-order valence-electron chi connectivity index (χ3n) is 7.17. The molecule has 2 aliphatic rings. The fourth-order valence-corrected chi connectivity index (χ4v) is 6.51. The lowest BCUT2D eigenvalue weighted by Gasteiger charge is -2.46. The number of hydrogen-bond donors (Lipinski definition) is 1. The molecule has 3 aromatic rings. The molecule has 38 heavy (non-hydrogen) atoms. The van der Waals surface area contributed by atoms with Crippen LogP contribution in [0.2, 0.25) is 0 Å². The van der Waals surface area contributed by atoms with E-state index < -0.39 is 22.9 Å². The van der Waals surface area contributed by atoms with Gasteiger partial charge in [-0.15, -0.1) is 11.8 Å². The predicted molar refractivity (Wildman–Crippen MR) is 143 cm³/mol. The lowest BCUT2D eigenvalue weighted by atomic mass is 9.79. The number of nitrogens with zero attached hydrogens (tertiary/aromatic N) is 3. The minimum Gasteiger partial charge on any atom is -0.456 e. The highest BCUT2D eigenvalue weighted by molar-refractivity contribution is 8.03. The van der Waals surface area contributed by atoms with Crippen molar-refractivity contribution in [2.24, 2.45) is 11.8 Å². The van der Waals surface area contributed by atoms with Crippen molar-refractivity contribution in [2.45, 2.75) is 39.0 Å². The van der Waals surface area contributed by atoms with Gasteiger partial charge in [0.05, 0.1) is 23.0 Å². The first kappa shape index (κ1) is 25.9. The molecule has 0 bridgehead atoms. The SMILES string of the molecule is C[C@@H](O)[C@H]1C(=O)N2C(C(=O)OCc3ccc([N+](=O)[O-])cc3)=C(SCCc3nccc4ccccc34)[C@H](C)[C@H]12. The fraction of sp³-hybridized carbons (Fsp3) is 0.321. The molecule has 0 spiro atoms. The zero-order valence-corrected chi connectivity index (χ0v) is 21.8. The standard InChI is InChI=1S/C28H27N3O6S/c1-16-24-23(17(2)32)27(33)30(24)25(28(34)37-15-18-7-9-20(10-8-18)31(35)36)26(16)38-14-12-22-21-6-4-3-5-19(21)11-13-29-22/h3-11,13,16-17,23-24,32H,12,14-15H2,1-2H3/t16-,17-,23-,24-/m1/s1. The lowest BCUT2D eigenvalue weighted by molar-refractivity contribution is -0.384. The van der Waals surface area contributed by atoms with Crippen LogP contribution in [-0.2, 0) is 27.4 Å². The molecular formula is C28H27N3O6S. The number of carbonyl (C=O) groups is 2. The van der Waals surface area contributed by atoms with Crippen LogP contribution in [0.25, 0.3) is 10.8 Å². The number of aromatic nitrogens is 1. The van der Waals surface area contributed by atoms with Crippen molar-refractivity contribution in [3.05, 3.63) is 92.8 Å². The zero-order chi connectivity index (χ0) is 27.0. The van der Waals surface area contributed by atoms with E-state index in [1.54, 1.807) is 13.1 Å². The second-order valence-electron chi connectivity index (χ2n) is 9.54. The number of fused-ring (bicyclic) bond motifs is 2. The number of aliphatic hydroxyl groups is 1. The second kappa shape index (κ2) is 10.5. The molecule has 10 heteroatoms. The number of aliphatic hydroxyl groups excluding tert-OH is 1. The minimum atomic E-state index is -0.826. The summed E-state index contributed by atoms with van der Waals surface area (Å²) in [6, 6.07) is 15.5. The number of non-ortho nitro benzene ring substituents is 1. The molecule has 1 N–H and O–H groups in total. The molecular weight excluding hydrogens is 506 g/mol. The van der Waals surface area contributed by atoms with Gasteiger partial charge in [-0.3, -0.25) is 19.9 Å². The Hall–Kier alpha value is -3.76. The largest absolute Gasteiger partial charge is 0.456 e. The number of β-lactam (4-membered cyclic amide) rings is 1. The molecule has 2 aromatic carbocycles. The highest BCUT2D eigenvalue weighted by Gasteiger charge is 2.60. The van der Waals surface area contributed by atoms with Gasteiger partial charge >= 0.3 is 5.97 Å². The third-order valence-corrected chi connectivity index (χ3v) is 8.46. The van der Waals surface area contributed by atoms with Gasteiger partial charge in [-0.2, -0.15) is 0 Å². The summed E-state index contributed by atoms with van der Waals surface area (Å²) in [6.07, 6.45) is 1.64. The Kier molecular flexibility index (Phi) is 7.18. The van der Waals surface area contributed by atoms with E-state index in [4.69, 9.17) is 4.74 Å². The molecule has 5 rings (SSSR count). The van der Waals surface area contributed by atoms with E-state index in [2.05, 4.69) is 4.98 Å². The van der Waals surface area contributed by atoms with Crippen LogP contribution >= 0.6 is 11.8 Å². The van der Waals surface area contributed by atoms with Gasteiger partial charge in [-0.05, 0) is 42.5 Å². The number of nitro groups is 1. The molecule has 9 nitrogen and oxygen atoms in total. The molecule has 0 unspecified atom stereocenters. The van der Waals surface area contributed by atoms with Gasteiger partial charge in [0.1, 0.15) is 12.3 Å². The van der Waals surface area contributed by atoms with Crippen LogP contribution in [0.15, 0.2) is 71.4 Å². The Morgan fingerprint density at radius 1 is 1.21 bits per heavy atom. The Balaban J connectivity index is 1.35. The summed E-state index contributed by atoms with van der Waals surface area (Å²) in [5.74, 6) is -0.972. The molecule has 1 fully saturated rings. The van der Waals surface area contributed by atoms with Crippen molar-refractivity contribution in [3.63, 3.8) is 0 Å². The van der Waals surface area contributed by atoms with Crippen LogP contribution in [0, 0.1) is 22.0 Å². The lowest BCUT2D eigenvalue weighted by Crippen LogP contribution is -2.63. The van der Waals surface area contributed by atoms with E-state index in [9.17, 15) is 24.8 Å². The Morgan fingerprint density at radius 2 is 1.95 bits per heavy atom. The van der Waals surface area contributed by atoms with E-state index in [0.717, 1.165) is 21.4 Å². The normalized spacial score (nSPS) is 21.3. The van der Waals surface area contributed by atoms with Crippen molar-refractivity contribution < 1.29 is 24.4 Å². The number of esters is 1. The van der Waals surface area contributed by atoms with Crippen molar-refractivity contribution >= 4 is 40.1 Å². The highest BCUT2D eigenvalue weighted by Crippen LogP contribution is 2.50. The molecule has 1 amide bonds. The van der Waals surface area contributed by atoms with Crippen LogP contribution in [0.3, 0.4) is 0 Å². The summed E-state index contributed by atoms with van der Waals surface area (Å²) < 4.78 is 5.56. The monoisotopic (exact) mass is 533 g/mol. The molecule has 0 radical (unpaired) electrons. The molecule has 1 saturated heterocycles. The van der Waals surface area contributed by atoms with Crippen molar-refractivity contribution in [2.75, 3.05) is 5.75 Å². The van der Waals surface area contributed by atoms with Gasteiger partial charge < -0.3 is 14.7 Å². The number of nitro benzene ring substituents is 1. The number of thioether (sulfide) groups is 1. The summed E-state index contributed by atoms with van der Waals surface area (Å²) in [5, 5.41) is 23.3. The van der Waals surface area contributed by atoms with Crippen LogP contribution in [0.4, 0.5) is 5.69 Å². The van der Waals surface area contributed by atoms with E-state index in [1.165, 1.54) is 40.9 Å². The zero-order valence-electron chi connectivity index (χ0n) is 20.9. The topological polar surface area (TPSA) is 123 Å². The predicted octanol–water partition coefficient (Wildman–Crippen LogP) is 4.23. The van der Waals surface area contributed by atoms with Crippen molar-refractivity contribution in [1.29, 1.82) is 0 Å². The molecule has 196 valence electrons. The maximum atomic E-state index is 13.3. The quantitative estimate of drug-likeness (QED) is 0.188. The molecule has 3 heterocycles. The van der Waals surface area contributed by atoms with Gasteiger partial charge in [0, 0.05) is 46.0 Å². The van der Waals surface area contributed by atoms with Crippen molar-refractivity contribution in [3.8, 4) is 0 Å². The average Bonchev–Trinajstić information content (AvgIpc) is 3.15. The van der Waals surface area contributed by atoms with E-state index in [0.29, 0.717) is 17.7 Å². The summed E-state index contributed by atoms with van der Waals surface area (Å²) >= 11 is 1.51. The van der Waals surface area contributed by atoms with E-state index in [1.807, 2.05) is 37.3 Å². The summed E-state index contributed by atoms with van der Waals surface area (Å²) in [5.41, 5.74) is 1.73. The maximum absolute atomic E-state index is 13.3. The molecule has 4 atom stereocenters. The maximum Gasteiger partial charge on any atom is 0.356 e. The highest BCUT2D eigenvalue weighted by atomic mass is 32.2. The smallest absolute Gasteiger partial charge is 0.356 e. The molecule has 1 aromatic heterocycles. The first-order valence-electron chi connectivity index (χ1n) is 12.4. The van der Waals surface area contributed by atoms with E-state index >= 15 is 0 Å². The first-order chi connectivity index (χ1) is 18.3. The second-order valence-corrected chi connectivity index (χ2v) is 10.7. The number of benzene rings is 2. The molecule has 0 aliphatic carbocycles. The number of pyridine rings is 1. The minimum absolute atomic E-state index is 0.0510. The summed E-state index contributed by atoms with van der Waals surface area (Å²) in [6.45, 7) is 3.48. The Bertz CT molecular complexity index is 1430. The Labute approximate surface area is 223 Å². The van der Waals surface area contributed by atoms with Gasteiger partial charge in [0.2, 0.25) is 5.91 Å². The molecule has 0 saturated carbocycles. The number of carbonyl (C=O) groups excluding carboxylic acids is 2. The summed E-state index contributed by atoms with van der Waals surface area (Å²) in [7, 11) is 0. The molecule has 2 aliphatic heterocycles. The number of aryl methyl sites for hydroxylation is 1. The average molecular weight is 534 g/mol. The number of hydrogen-bond acceptors (Lipinski definition) is 8. The Morgan fingerprint density at radius 3 is 2.66 bits per heavy atom. The third kappa shape index (κ3) is 4.65. The number of rotatable bonds is 9. The van der Waals surface area contributed by atoms with Gasteiger partial charge in [0.25, 0.3) is 5.69 Å². The van der Waals surface area contributed by atoms with Gasteiger partial charge in [0.15, 0.2) is 0 Å². The first-order valence-corrected chi connectivity index (χ1v) is 13.4. The van der Waals surface area contributed by atoms with Crippen molar-refractivity contribution in [1.82, 2.24) is 9.88 Å². The van der Waals surface area contributed by atoms with Crippen LogP contribution < -0.4 is 0 Å². The fourth-order valence-electron chi connectivity index (χ4n) is 5.28.